The first-order valence-electron chi connectivity index (χ1n) is 10.6. The van der Waals surface area contributed by atoms with Crippen LogP contribution in [0.15, 0.2) is 4.99 Å². The first kappa shape index (κ1) is 20.5. The molecule has 2 N–H and O–H groups in total. The van der Waals surface area contributed by atoms with Crippen molar-refractivity contribution in [2.45, 2.75) is 52.4 Å². The summed E-state index contributed by atoms with van der Waals surface area (Å²) in [6.45, 7) is 13.9. The molecule has 0 amide bonds. The SMILES string of the molecule is CCN1CCN(CC(C)CNC(=NC)NCCCC2CCCC2)CC1. The molecule has 1 saturated carbocycles. The first-order chi connectivity index (χ1) is 12.2. The normalized spacial score (nSPS) is 22.3. The summed E-state index contributed by atoms with van der Waals surface area (Å²) in [5.41, 5.74) is 0. The molecule has 1 aliphatic heterocycles. The highest BCUT2D eigenvalue weighted by molar-refractivity contribution is 5.79. The van der Waals surface area contributed by atoms with E-state index >= 15 is 0 Å². The van der Waals surface area contributed by atoms with Crippen molar-refractivity contribution in [3.05, 3.63) is 0 Å². The molecule has 1 unspecified atom stereocenters. The van der Waals surface area contributed by atoms with Crippen LogP contribution in [-0.2, 0) is 0 Å². The van der Waals surface area contributed by atoms with Gasteiger partial charge in [-0.15, -0.1) is 0 Å². The Kier molecular flexibility index (Phi) is 9.63. The van der Waals surface area contributed by atoms with Crippen LogP contribution in [0.25, 0.3) is 0 Å². The Morgan fingerprint density at radius 3 is 2.40 bits per heavy atom. The third-order valence-corrected chi connectivity index (χ3v) is 5.88. The minimum atomic E-state index is 0.644. The number of likely N-dealkylation sites (N-methyl/N-ethyl adjacent to an activating group) is 1. The van der Waals surface area contributed by atoms with Crippen LogP contribution in [-0.4, -0.2) is 75.2 Å². The summed E-state index contributed by atoms with van der Waals surface area (Å²) in [4.78, 5) is 9.52. The van der Waals surface area contributed by atoms with Crippen molar-refractivity contribution in [2.24, 2.45) is 16.8 Å². The molecule has 0 radical (unpaired) electrons. The summed E-state index contributed by atoms with van der Waals surface area (Å²) in [6.07, 6.45) is 8.46. The van der Waals surface area contributed by atoms with Crippen LogP contribution >= 0.6 is 0 Å². The number of rotatable bonds is 9. The van der Waals surface area contributed by atoms with Gasteiger partial charge in [-0.3, -0.25) is 4.99 Å². The lowest BCUT2D eigenvalue weighted by molar-refractivity contribution is 0.124. The number of hydrogen-bond acceptors (Lipinski definition) is 3. The second-order valence-corrected chi connectivity index (χ2v) is 8.01. The molecule has 5 nitrogen and oxygen atoms in total. The molecule has 2 aliphatic rings. The van der Waals surface area contributed by atoms with Crippen molar-refractivity contribution < 1.29 is 0 Å². The Morgan fingerprint density at radius 2 is 1.76 bits per heavy atom. The van der Waals surface area contributed by atoms with Crippen molar-refractivity contribution in [2.75, 3.05) is 59.4 Å². The molecule has 1 aliphatic carbocycles. The molecule has 0 bridgehead atoms. The van der Waals surface area contributed by atoms with E-state index < -0.39 is 0 Å². The van der Waals surface area contributed by atoms with Crippen LogP contribution in [0.5, 0.6) is 0 Å². The van der Waals surface area contributed by atoms with E-state index in [1.165, 1.54) is 77.8 Å². The molecule has 2 rings (SSSR count). The van der Waals surface area contributed by atoms with Crippen LogP contribution in [0.4, 0.5) is 0 Å². The van der Waals surface area contributed by atoms with Gasteiger partial charge in [-0.1, -0.05) is 39.5 Å². The summed E-state index contributed by atoms with van der Waals surface area (Å²) >= 11 is 0. The second-order valence-electron chi connectivity index (χ2n) is 8.01. The Morgan fingerprint density at radius 1 is 1.08 bits per heavy atom. The zero-order chi connectivity index (χ0) is 17.9. The quantitative estimate of drug-likeness (QED) is 0.380. The van der Waals surface area contributed by atoms with Crippen molar-refractivity contribution in [1.82, 2.24) is 20.4 Å². The Labute approximate surface area is 155 Å². The van der Waals surface area contributed by atoms with Crippen molar-refractivity contribution in [3.8, 4) is 0 Å². The lowest BCUT2D eigenvalue weighted by atomic mass is 10.0. The van der Waals surface area contributed by atoms with Gasteiger partial charge in [0.15, 0.2) is 5.96 Å². The Balaban J connectivity index is 1.53. The Bertz CT molecular complexity index is 370. The van der Waals surface area contributed by atoms with Crippen LogP contribution in [0.1, 0.15) is 52.4 Å². The van der Waals surface area contributed by atoms with Crippen molar-refractivity contribution in [3.63, 3.8) is 0 Å². The monoisotopic (exact) mass is 351 g/mol. The molecule has 1 heterocycles. The summed E-state index contributed by atoms with van der Waals surface area (Å²) in [6, 6.07) is 0. The van der Waals surface area contributed by atoms with Gasteiger partial charge in [-0.2, -0.15) is 0 Å². The number of nitrogens with zero attached hydrogens (tertiary/aromatic N) is 3. The van der Waals surface area contributed by atoms with Gasteiger partial charge in [0, 0.05) is 52.9 Å². The van der Waals surface area contributed by atoms with E-state index in [1.54, 1.807) is 0 Å². The number of nitrogens with one attached hydrogen (secondary N) is 2. The van der Waals surface area contributed by atoms with Gasteiger partial charge in [0.05, 0.1) is 0 Å². The van der Waals surface area contributed by atoms with Gasteiger partial charge in [-0.05, 0) is 31.2 Å². The average molecular weight is 352 g/mol. The van der Waals surface area contributed by atoms with Gasteiger partial charge in [0.1, 0.15) is 0 Å². The van der Waals surface area contributed by atoms with E-state index in [-0.39, 0.29) is 0 Å². The highest BCUT2D eigenvalue weighted by Crippen LogP contribution is 2.28. The highest BCUT2D eigenvalue weighted by Gasteiger charge is 2.17. The van der Waals surface area contributed by atoms with E-state index in [1.807, 2.05) is 7.05 Å². The van der Waals surface area contributed by atoms with Crippen molar-refractivity contribution >= 4 is 5.96 Å². The standard InChI is InChI=1S/C20H41N5/c1-4-24-12-14-25(15-13-24)17-18(2)16-23-20(21-3)22-11-7-10-19-8-5-6-9-19/h18-19H,4-17H2,1-3H3,(H2,21,22,23). The zero-order valence-corrected chi connectivity index (χ0v) is 16.9. The second kappa shape index (κ2) is 11.7. The number of guanidine groups is 1. The predicted octanol–water partition coefficient (Wildman–Crippen LogP) is 2.40. The predicted molar refractivity (Wildman–Crippen MR) is 108 cm³/mol. The van der Waals surface area contributed by atoms with E-state index in [9.17, 15) is 0 Å². The van der Waals surface area contributed by atoms with Crippen LogP contribution < -0.4 is 10.6 Å². The van der Waals surface area contributed by atoms with Gasteiger partial charge >= 0.3 is 0 Å². The highest BCUT2D eigenvalue weighted by atomic mass is 15.3. The van der Waals surface area contributed by atoms with Gasteiger partial charge in [-0.25, -0.2) is 0 Å². The molecular formula is C20H41N5. The number of hydrogen-bond donors (Lipinski definition) is 2. The molecule has 1 saturated heterocycles. The molecule has 25 heavy (non-hydrogen) atoms. The van der Waals surface area contributed by atoms with Crippen LogP contribution in [0.2, 0.25) is 0 Å². The number of piperazine rings is 1. The molecule has 0 aromatic carbocycles. The molecule has 0 aromatic heterocycles. The van der Waals surface area contributed by atoms with Gasteiger partial charge in [0.25, 0.3) is 0 Å². The lowest BCUT2D eigenvalue weighted by Gasteiger charge is -2.35. The maximum Gasteiger partial charge on any atom is 0.190 e. The van der Waals surface area contributed by atoms with E-state index in [0.717, 1.165) is 25.0 Å². The number of aliphatic imine (C=N–C) groups is 1. The summed E-state index contributed by atoms with van der Waals surface area (Å²) in [7, 11) is 1.88. The van der Waals surface area contributed by atoms with E-state index in [2.05, 4.69) is 39.3 Å². The van der Waals surface area contributed by atoms with Gasteiger partial charge in [0.2, 0.25) is 0 Å². The van der Waals surface area contributed by atoms with E-state index in [4.69, 9.17) is 0 Å². The van der Waals surface area contributed by atoms with Crippen molar-refractivity contribution in [1.29, 1.82) is 0 Å². The topological polar surface area (TPSA) is 42.9 Å². The molecule has 0 aromatic rings. The van der Waals surface area contributed by atoms with E-state index in [0.29, 0.717) is 5.92 Å². The molecule has 1 atom stereocenters. The van der Waals surface area contributed by atoms with Crippen LogP contribution in [0.3, 0.4) is 0 Å². The smallest absolute Gasteiger partial charge is 0.190 e. The summed E-state index contributed by atoms with van der Waals surface area (Å²) in [5.74, 6) is 2.60. The molecule has 146 valence electrons. The van der Waals surface area contributed by atoms with Crippen LogP contribution in [0, 0.1) is 11.8 Å². The molecule has 2 fully saturated rings. The lowest BCUT2D eigenvalue weighted by Crippen LogP contribution is -2.48. The fraction of sp³-hybridized carbons (Fsp3) is 0.950. The third-order valence-electron chi connectivity index (χ3n) is 5.88. The summed E-state index contributed by atoms with van der Waals surface area (Å²) in [5, 5.41) is 6.99. The minimum absolute atomic E-state index is 0.644. The molecule has 0 spiro atoms. The maximum atomic E-state index is 4.37. The maximum absolute atomic E-state index is 4.37. The summed E-state index contributed by atoms with van der Waals surface area (Å²) < 4.78 is 0. The third kappa shape index (κ3) is 7.95. The molecule has 5 heteroatoms. The minimum Gasteiger partial charge on any atom is -0.356 e. The molecular weight excluding hydrogens is 310 g/mol. The average Bonchev–Trinajstić information content (AvgIpc) is 3.15. The Hall–Kier alpha value is -0.810. The fourth-order valence-electron chi connectivity index (χ4n) is 4.18. The van der Waals surface area contributed by atoms with Gasteiger partial charge < -0.3 is 20.4 Å². The first-order valence-corrected chi connectivity index (χ1v) is 10.6. The fourth-order valence-corrected chi connectivity index (χ4v) is 4.18. The zero-order valence-electron chi connectivity index (χ0n) is 16.9. The largest absolute Gasteiger partial charge is 0.356 e.